The van der Waals surface area contributed by atoms with Gasteiger partial charge >= 0.3 is 7.82 Å². The predicted octanol–water partition coefficient (Wildman–Crippen LogP) is 1.75. The molecule has 0 amide bonds. The van der Waals surface area contributed by atoms with Crippen molar-refractivity contribution in [2.75, 3.05) is 0 Å². The number of nitrogens with zero attached hydrogens (tertiary/aromatic N) is 3. The van der Waals surface area contributed by atoms with E-state index in [-0.39, 0.29) is 0 Å². The van der Waals surface area contributed by atoms with Gasteiger partial charge in [-0.2, -0.15) is 5.26 Å². The van der Waals surface area contributed by atoms with Gasteiger partial charge < -0.3 is 19.2 Å². The second-order valence-corrected chi connectivity index (χ2v) is 5.97. The summed E-state index contributed by atoms with van der Waals surface area (Å²) >= 11 is 0. The molecular formula is C14H16N3O4P. The lowest BCUT2D eigenvalue weighted by molar-refractivity contribution is 0.275. The van der Waals surface area contributed by atoms with Crippen molar-refractivity contribution in [2.24, 2.45) is 0 Å². The fourth-order valence-electron chi connectivity index (χ4n) is 2.53. The Balaban J connectivity index is 0.000000309. The Morgan fingerprint density at radius 1 is 1.27 bits per heavy atom. The number of rotatable bonds is 1. The van der Waals surface area contributed by atoms with E-state index >= 15 is 0 Å². The van der Waals surface area contributed by atoms with Crippen LogP contribution >= 0.6 is 7.82 Å². The maximum atomic E-state index is 8.88. The fraction of sp³-hybridized carbons (Fsp3) is 0.286. The number of hydrogen-bond donors (Lipinski definition) is 3. The molecule has 0 saturated carbocycles. The summed E-state index contributed by atoms with van der Waals surface area (Å²) in [5, 5.41) is 8.80. The van der Waals surface area contributed by atoms with Crippen LogP contribution in [0.3, 0.4) is 0 Å². The van der Waals surface area contributed by atoms with Crippen LogP contribution in [0.1, 0.15) is 35.7 Å². The lowest BCUT2D eigenvalue weighted by Crippen LogP contribution is -2.17. The van der Waals surface area contributed by atoms with Crippen LogP contribution in [0.15, 0.2) is 36.8 Å². The van der Waals surface area contributed by atoms with Crippen molar-refractivity contribution in [3.05, 3.63) is 53.6 Å². The van der Waals surface area contributed by atoms with Gasteiger partial charge in [0.2, 0.25) is 0 Å². The van der Waals surface area contributed by atoms with E-state index in [0.29, 0.717) is 6.04 Å². The summed E-state index contributed by atoms with van der Waals surface area (Å²) < 4.78 is 11.1. The molecule has 3 rings (SSSR count). The first kappa shape index (κ1) is 16.4. The molecule has 116 valence electrons. The Morgan fingerprint density at radius 2 is 1.91 bits per heavy atom. The van der Waals surface area contributed by atoms with Crippen molar-refractivity contribution < 1.29 is 19.2 Å². The summed E-state index contributed by atoms with van der Waals surface area (Å²) in [6, 6.07) is 10.4. The van der Waals surface area contributed by atoms with Gasteiger partial charge in [-0.3, -0.25) is 0 Å². The molecule has 2 aromatic rings. The summed E-state index contributed by atoms with van der Waals surface area (Å²) in [4.78, 5) is 25.8. The first-order valence-corrected chi connectivity index (χ1v) is 8.24. The zero-order valence-electron chi connectivity index (χ0n) is 11.7. The quantitative estimate of drug-likeness (QED) is 0.688. The van der Waals surface area contributed by atoms with Crippen LogP contribution in [-0.2, 0) is 11.0 Å². The highest BCUT2D eigenvalue weighted by Crippen LogP contribution is 2.30. The average molecular weight is 321 g/mol. The normalized spacial score (nSPS) is 16.9. The number of phosphoric acid groups is 1. The summed E-state index contributed by atoms with van der Waals surface area (Å²) in [6.07, 6.45) is 7.34. The number of fused-ring (bicyclic) bond motifs is 1. The molecule has 0 fully saturated rings. The van der Waals surface area contributed by atoms with Gasteiger partial charge in [0.1, 0.15) is 0 Å². The van der Waals surface area contributed by atoms with E-state index in [2.05, 4.69) is 27.8 Å². The van der Waals surface area contributed by atoms with Crippen molar-refractivity contribution >= 4 is 7.82 Å². The molecule has 0 radical (unpaired) electrons. The third kappa shape index (κ3) is 4.52. The van der Waals surface area contributed by atoms with Crippen LogP contribution in [0.2, 0.25) is 0 Å². The molecule has 0 spiro atoms. The van der Waals surface area contributed by atoms with Gasteiger partial charge in [-0.1, -0.05) is 12.1 Å². The van der Waals surface area contributed by atoms with Gasteiger partial charge in [0.15, 0.2) is 0 Å². The van der Waals surface area contributed by atoms with Crippen molar-refractivity contribution in [1.29, 1.82) is 5.26 Å². The highest BCUT2D eigenvalue weighted by molar-refractivity contribution is 7.45. The molecule has 22 heavy (non-hydrogen) atoms. The standard InChI is InChI=1S/C14H13N3.H3O4P/c15-8-11-4-6-12(7-5-11)14-3-1-2-13-9-16-10-17(13)14;1-5(2,3)4/h4-7,9-10,14H,1-3H2;(H3,1,2,3,4). The van der Waals surface area contributed by atoms with Gasteiger partial charge in [0.05, 0.1) is 24.0 Å². The van der Waals surface area contributed by atoms with Crippen LogP contribution in [0.5, 0.6) is 0 Å². The van der Waals surface area contributed by atoms with Crippen LogP contribution in [0.25, 0.3) is 0 Å². The number of imidazole rings is 1. The largest absolute Gasteiger partial charge is 0.466 e. The molecular weight excluding hydrogens is 305 g/mol. The Bertz CT molecular complexity index is 706. The Kier molecular flexibility index (Phi) is 5.11. The van der Waals surface area contributed by atoms with Crippen molar-refractivity contribution in [2.45, 2.75) is 25.3 Å². The molecule has 0 saturated heterocycles. The summed E-state index contributed by atoms with van der Waals surface area (Å²) in [6.45, 7) is 0. The van der Waals surface area contributed by atoms with Crippen molar-refractivity contribution in [3.8, 4) is 6.07 Å². The molecule has 1 aliphatic rings. The van der Waals surface area contributed by atoms with E-state index in [1.165, 1.54) is 17.7 Å². The minimum atomic E-state index is -4.64. The zero-order chi connectivity index (χ0) is 16.2. The first-order chi connectivity index (χ1) is 10.4. The van der Waals surface area contributed by atoms with Crippen LogP contribution in [0, 0.1) is 11.3 Å². The third-order valence-electron chi connectivity index (χ3n) is 3.42. The lowest BCUT2D eigenvalue weighted by atomic mass is 9.96. The highest BCUT2D eigenvalue weighted by Gasteiger charge is 2.20. The minimum Gasteiger partial charge on any atom is -0.327 e. The van der Waals surface area contributed by atoms with E-state index < -0.39 is 7.82 Å². The smallest absolute Gasteiger partial charge is 0.327 e. The predicted molar refractivity (Wildman–Crippen MR) is 78.7 cm³/mol. The molecule has 1 aliphatic heterocycles. The molecule has 0 aliphatic carbocycles. The number of benzene rings is 1. The van der Waals surface area contributed by atoms with E-state index in [4.69, 9.17) is 24.5 Å². The number of hydrogen-bond acceptors (Lipinski definition) is 3. The van der Waals surface area contributed by atoms with Gasteiger partial charge in [0.25, 0.3) is 0 Å². The first-order valence-electron chi connectivity index (χ1n) is 6.67. The maximum Gasteiger partial charge on any atom is 0.466 e. The topological polar surface area (TPSA) is 119 Å². The van der Waals surface area contributed by atoms with Gasteiger partial charge in [-0.05, 0) is 37.0 Å². The lowest BCUT2D eigenvalue weighted by Gasteiger charge is -2.25. The molecule has 1 atom stereocenters. The molecule has 7 nitrogen and oxygen atoms in total. The molecule has 3 N–H and O–H groups in total. The second kappa shape index (κ2) is 6.86. The van der Waals surface area contributed by atoms with E-state index in [1.807, 2.05) is 24.7 Å². The van der Waals surface area contributed by atoms with Gasteiger partial charge in [0, 0.05) is 11.9 Å². The van der Waals surface area contributed by atoms with E-state index in [0.717, 1.165) is 18.4 Å². The van der Waals surface area contributed by atoms with Crippen molar-refractivity contribution in [3.63, 3.8) is 0 Å². The summed E-state index contributed by atoms with van der Waals surface area (Å²) in [5.41, 5.74) is 3.30. The van der Waals surface area contributed by atoms with E-state index in [1.54, 1.807) is 0 Å². The van der Waals surface area contributed by atoms with Gasteiger partial charge in [-0.15, -0.1) is 0 Å². The number of nitriles is 1. The minimum absolute atomic E-state index is 0.383. The third-order valence-corrected chi connectivity index (χ3v) is 3.42. The summed E-state index contributed by atoms with van der Waals surface area (Å²) in [7, 11) is -4.64. The zero-order valence-corrected chi connectivity index (χ0v) is 12.6. The van der Waals surface area contributed by atoms with Crippen LogP contribution < -0.4 is 0 Å². The highest BCUT2D eigenvalue weighted by atomic mass is 31.2. The SMILES string of the molecule is N#Cc1ccc(C2CCCc3cncn32)cc1.O=P(O)(O)O. The van der Waals surface area contributed by atoms with Crippen LogP contribution in [-0.4, -0.2) is 24.2 Å². The average Bonchev–Trinajstić information content (AvgIpc) is 2.94. The Labute approximate surface area is 127 Å². The number of aromatic nitrogens is 2. The molecule has 1 unspecified atom stereocenters. The Morgan fingerprint density at radius 3 is 2.50 bits per heavy atom. The molecule has 1 aromatic heterocycles. The maximum absolute atomic E-state index is 8.88. The van der Waals surface area contributed by atoms with Crippen LogP contribution in [0.4, 0.5) is 0 Å². The van der Waals surface area contributed by atoms with Gasteiger partial charge in [-0.25, -0.2) is 9.55 Å². The second-order valence-electron chi connectivity index (χ2n) is 4.95. The monoisotopic (exact) mass is 321 g/mol. The molecule has 1 aromatic carbocycles. The summed E-state index contributed by atoms with van der Waals surface area (Å²) in [5.74, 6) is 0. The number of aryl methyl sites for hydroxylation is 1. The fourth-order valence-corrected chi connectivity index (χ4v) is 2.53. The van der Waals surface area contributed by atoms with Crippen molar-refractivity contribution in [1.82, 2.24) is 9.55 Å². The Hall–Kier alpha value is -1.97. The van der Waals surface area contributed by atoms with E-state index in [9.17, 15) is 0 Å². The molecule has 0 bridgehead atoms. The molecule has 2 heterocycles. The molecule has 8 heteroatoms.